The molecule has 4 aromatic heterocycles. The number of nitrogens with zero attached hydrogens (tertiary/aromatic N) is 3. The van der Waals surface area contributed by atoms with Gasteiger partial charge in [0.15, 0.2) is 0 Å². The van der Waals surface area contributed by atoms with Gasteiger partial charge in [0.25, 0.3) is 0 Å². The molecule has 73 heavy (non-hydrogen) atoms. The van der Waals surface area contributed by atoms with Crippen molar-refractivity contribution in [3.63, 3.8) is 0 Å². The van der Waals surface area contributed by atoms with Crippen LogP contribution in [0.4, 0.5) is 17.1 Å². The molecule has 0 unspecified atom stereocenters. The van der Waals surface area contributed by atoms with E-state index in [0.29, 0.717) is 0 Å². The van der Waals surface area contributed by atoms with E-state index < -0.39 is 0 Å². The number of furan rings is 1. The smallest absolute Gasteiger partial charge is 0.333 e. The highest BCUT2D eigenvalue weighted by Gasteiger charge is 2.42. The number of aromatic nitrogens is 2. The molecule has 10 aromatic carbocycles. The maximum absolute atomic E-state index is 6.95. The molecule has 0 N–H and O–H groups in total. The Bertz CT molecular complexity index is 4450. The molecular formula is C68H52BN3O. The fourth-order valence-corrected chi connectivity index (χ4v) is 12.6. The van der Waals surface area contributed by atoms with E-state index in [0.717, 1.165) is 44.4 Å². The van der Waals surface area contributed by atoms with Gasteiger partial charge in [0.05, 0.1) is 16.6 Å². The number of benzene rings is 10. The molecule has 4 nitrogen and oxygen atoms in total. The van der Waals surface area contributed by atoms with Crippen LogP contribution in [0.5, 0.6) is 0 Å². The molecule has 0 aliphatic carbocycles. The minimum absolute atomic E-state index is 0.0385. The maximum atomic E-state index is 6.95. The molecule has 15 rings (SSSR count). The fraction of sp³-hybridized carbons (Fsp3) is 0.118. The van der Waals surface area contributed by atoms with Crippen molar-refractivity contribution >= 4 is 117 Å². The zero-order chi connectivity index (χ0) is 49.1. The lowest BCUT2D eigenvalue weighted by atomic mass is 9.46. The van der Waals surface area contributed by atoms with Crippen molar-refractivity contribution in [2.45, 2.75) is 52.4 Å². The summed E-state index contributed by atoms with van der Waals surface area (Å²) in [5.74, 6) is 0. The molecule has 0 radical (unpaired) electrons. The van der Waals surface area contributed by atoms with Crippen LogP contribution in [0, 0.1) is 0 Å². The van der Waals surface area contributed by atoms with Crippen molar-refractivity contribution in [2.24, 2.45) is 0 Å². The summed E-state index contributed by atoms with van der Waals surface area (Å²) in [5.41, 5.74) is 21.0. The molecule has 14 aromatic rings. The molecule has 5 heteroatoms. The van der Waals surface area contributed by atoms with Gasteiger partial charge < -0.3 is 18.2 Å². The molecule has 0 amide bonds. The number of para-hydroxylation sites is 3. The summed E-state index contributed by atoms with van der Waals surface area (Å²) < 4.78 is 12.2. The Labute approximate surface area is 424 Å². The van der Waals surface area contributed by atoms with Crippen molar-refractivity contribution in [3.8, 4) is 22.3 Å². The molecule has 1 aliphatic rings. The van der Waals surface area contributed by atoms with Gasteiger partial charge in [-0.25, -0.2) is 0 Å². The molecule has 0 fully saturated rings. The van der Waals surface area contributed by atoms with E-state index in [-0.39, 0.29) is 17.7 Å². The van der Waals surface area contributed by atoms with Crippen LogP contribution < -0.4 is 15.8 Å². The molecular weight excluding hydrogens is 886 g/mol. The standard InChI is InChI=1S/C68H52BN3O/c1-67(2,3)45-29-31-58-51(36-45)52-37-46(68(4,5)6)30-32-59(52)72(58)69-55-40-63-53(49-24-15-18-28-62(49)73-63)38-60(55)70(47-34-43(41-19-9-7-10-20-41)33-44(35-47)42-21-11-8-12-22-42)61-39-54-48-23-13-16-26-56(48)71-57-27-17-14-25-50(57)64(65(61)69)66(54)71/h7-40H,1-6H3. The first-order valence-corrected chi connectivity index (χ1v) is 25.8. The first-order valence-electron chi connectivity index (χ1n) is 25.8. The summed E-state index contributed by atoms with van der Waals surface area (Å²) >= 11 is 0. The monoisotopic (exact) mass is 937 g/mol. The topological polar surface area (TPSA) is 25.7 Å². The zero-order valence-corrected chi connectivity index (χ0v) is 42.0. The second kappa shape index (κ2) is 15.0. The van der Waals surface area contributed by atoms with Gasteiger partial charge in [-0.1, -0.05) is 169 Å². The minimum atomic E-state index is -0.275. The number of hydrogen-bond donors (Lipinski definition) is 0. The Morgan fingerprint density at radius 3 is 1.53 bits per heavy atom. The third-order valence-corrected chi connectivity index (χ3v) is 16.1. The van der Waals surface area contributed by atoms with Gasteiger partial charge in [-0.2, -0.15) is 0 Å². The van der Waals surface area contributed by atoms with Gasteiger partial charge in [0, 0.05) is 71.2 Å². The first kappa shape index (κ1) is 42.2. The third kappa shape index (κ3) is 6.09. The Hall–Kier alpha value is -8.54. The van der Waals surface area contributed by atoms with E-state index in [1.54, 1.807) is 0 Å². The van der Waals surface area contributed by atoms with E-state index in [1.807, 2.05) is 0 Å². The van der Waals surface area contributed by atoms with E-state index >= 15 is 0 Å². The van der Waals surface area contributed by atoms with Crippen LogP contribution in [0.1, 0.15) is 52.7 Å². The normalized spacial score (nSPS) is 13.3. The molecule has 5 heterocycles. The van der Waals surface area contributed by atoms with E-state index in [4.69, 9.17) is 4.42 Å². The highest BCUT2D eigenvalue weighted by Crippen LogP contribution is 2.49. The Morgan fingerprint density at radius 2 is 0.918 bits per heavy atom. The molecule has 0 atom stereocenters. The predicted molar refractivity (Wildman–Crippen MR) is 311 cm³/mol. The summed E-state index contributed by atoms with van der Waals surface area (Å²) in [7, 11) is 0. The van der Waals surface area contributed by atoms with Crippen molar-refractivity contribution in [2.75, 3.05) is 4.90 Å². The molecule has 0 bridgehead atoms. The van der Waals surface area contributed by atoms with E-state index in [1.165, 1.54) is 98.8 Å². The molecule has 348 valence electrons. The largest absolute Gasteiger partial charge is 0.456 e. The average molecular weight is 938 g/mol. The minimum Gasteiger partial charge on any atom is -0.456 e. The molecule has 0 saturated heterocycles. The van der Waals surface area contributed by atoms with Gasteiger partial charge in [-0.3, -0.25) is 0 Å². The van der Waals surface area contributed by atoms with Crippen LogP contribution in [0.2, 0.25) is 0 Å². The molecule has 1 aliphatic heterocycles. The lowest BCUT2D eigenvalue weighted by Crippen LogP contribution is -2.55. The van der Waals surface area contributed by atoms with Crippen molar-refractivity contribution < 1.29 is 4.42 Å². The summed E-state index contributed by atoms with van der Waals surface area (Å²) in [4.78, 5) is 2.60. The van der Waals surface area contributed by atoms with Crippen molar-refractivity contribution in [3.05, 3.63) is 217 Å². The highest BCUT2D eigenvalue weighted by atomic mass is 16.3. The van der Waals surface area contributed by atoms with Crippen LogP contribution >= 0.6 is 0 Å². The van der Waals surface area contributed by atoms with Crippen LogP contribution in [0.15, 0.2) is 211 Å². The summed E-state index contributed by atoms with van der Waals surface area (Å²) in [5, 5.41) is 9.78. The quantitative estimate of drug-likeness (QED) is 0.164. The zero-order valence-electron chi connectivity index (χ0n) is 42.0. The van der Waals surface area contributed by atoms with Crippen LogP contribution in [0.25, 0.3) is 104 Å². The summed E-state index contributed by atoms with van der Waals surface area (Å²) in [6, 6.07) is 77.4. The van der Waals surface area contributed by atoms with Gasteiger partial charge in [0.2, 0.25) is 0 Å². The summed E-state index contributed by atoms with van der Waals surface area (Å²) in [6.07, 6.45) is 0. The fourth-order valence-electron chi connectivity index (χ4n) is 12.6. The maximum Gasteiger partial charge on any atom is 0.333 e. The first-order chi connectivity index (χ1) is 35.5. The highest BCUT2D eigenvalue weighted by molar-refractivity contribution is 6.90. The third-order valence-electron chi connectivity index (χ3n) is 16.1. The Kier molecular flexibility index (Phi) is 8.67. The average Bonchev–Trinajstić information content (AvgIpc) is 4.15. The van der Waals surface area contributed by atoms with Gasteiger partial charge in [-0.05, 0) is 134 Å². The predicted octanol–water partition coefficient (Wildman–Crippen LogP) is 17.2. The molecule has 0 spiro atoms. The second-order valence-corrected chi connectivity index (χ2v) is 22.5. The SMILES string of the molecule is CC(C)(C)c1ccc2c(c1)c1cc(C(C)(C)C)ccc1n2B1c2cc3oc4ccccc4c3cc2N(c2cc(-c3ccccc3)cc(-c3ccccc3)c2)c2cc3c4ccccc4n4c5ccccc5c(c21)c34. The lowest BCUT2D eigenvalue weighted by Gasteiger charge is -2.38. The Morgan fingerprint density at radius 1 is 0.384 bits per heavy atom. The van der Waals surface area contributed by atoms with Crippen molar-refractivity contribution in [1.29, 1.82) is 0 Å². The van der Waals surface area contributed by atoms with Gasteiger partial charge in [-0.15, -0.1) is 0 Å². The Balaban J connectivity index is 1.16. The van der Waals surface area contributed by atoms with Gasteiger partial charge in [0.1, 0.15) is 11.2 Å². The van der Waals surface area contributed by atoms with Crippen LogP contribution in [-0.4, -0.2) is 15.7 Å². The van der Waals surface area contributed by atoms with Crippen LogP contribution in [-0.2, 0) is 10.8 Å². The van der Waals surface area contributed by atoms with Gasteiger partial charge >= 0.3 is 6.85 Å². The number of hydrogen-bond acceptors (Lipinski definition) is 2. The number of anilines is 3. The number of rotatable bonds is 4. The van der Waals surface area contributed by atoms with Crippen molar-refractivity contribution in [1.82, 2.24) is 8.88 Å². The van der Waals surface area contributed by atoms with E-state index in [2.05, 4.69) is 262 Å². The lowest BCUT2D eigenvalue weighted by molar-refractivity contribution is 0.590. The summed E-state index contributed by atoms with van der Waals surface area (Å²) in [6.45, 7) is 13.7. The van der Waals surface area contributed by atoms with Crippen LogP contribution in [0.3, 0.4) is 0 Å². The van der Waals surface area contributed by atoms with E-state index in [9.17, 15) is 0 Å². The second-order valence-electron chi connectivity index (χ2n) is 22.5. The number of fused-ring (bicyclic) bond motifs is 15. The molecule has 0 saturated carbocycles.